The molecule has 0 aliphatic heterocycles. The molecule has 0 aliphatic carbocycles. The molecular formula is C18H29ClO2. The third-order valence-corrected chi connectivity index (χ3v) is 3.97. The Morgan fingerprint density at radius 3 is 2.38 bits per heavy atom. The highest BCUT2D eigenvalue weighted by Crippen LogP contribution is 2.23. The minimum Gasteiger partial charge on any atom is -0.465 e. The van der Waals surface area contributed by atoms with Crippen molar-refractivity contribution in [2.24, 2.45) is 0 Å². The number of unbranched alkanes of at least 4 members (excludes halogenated alkanes) is 1. The van der Waals surface area contributed by atoms with E-state index in [1.807, 2.05) is 12.1 Å². The largest absolute Gasteiger partial charge is 0.465 e. The van der Waals surface area contributed by atoms with Gasteiger partial charge in [0.05, 0.1) is 6.61 Å². The third kappa shape index (κ3) is 7.19. The lowest BCUT2D eigenvalue weighted by Gasteiger charge is -2.20. The van der Waals surface area contributed by atoms with Gasteiger partial charge in [0.1, 0.15) is 5.75 Å². The first-order valence-corrected chi connectivity index (χ1v) is 8.68. The molecule has 2 nitrogen and oxygen atoms in total. The molecule has 1 rings (SSSR count). The van der Waals surface area contributed by atoms with Crippen molar-refractivity contribution in [2.75, 3.05) is 12.5 Å². The molecule has 21 heavy (non-hydrogen) atoms. The van der Waals surface area contributed by atoms with Crippen LogP contribution in [0.2, 0.25) is 0 Å². The number of halogens is 1. The molecule has 120 valence electrons. The second kappa shape index (κ2) is 10.9. The zero-order chi connectivity index (χ0) is 15.5. The van der Waals surface area contributed by atoms with Crippen LogP contribution in [-0.4, -0.2) is 18.8 Å². The van der Waals surface area contributed by atoms with Crippen LogP contribution in [0.1, 0.15) is 64.4 Å². The van der Waals surface area contributed by atoms with Crippen LogP contribution in [0.3, 0.4) is 0 Å². The molecule has 2 atom stereocenters. The standard InChI is InChI=1S/C18H29ClO2/c1-4-6-14-20-18(8-7-13-19)21-17-11-9-16(10-12-17)15(3)5-2/h9-12,15,18H,4-8,13-14H2,1-3H3. The second-order valence-corrected chi connectivity index (χ2v) is 5.86. The van der Waals surface area contributed by atoms with E-state index in [2.05, 4.69) is 32.9 Å². The summed E-state index contributed by atoms with van der Waals surface area (Å²) < 4.78 is 11.8. The number of hydrogen-bond acceptors (Lipinski definition) is 2. The van der Waals surface area contributed by atoms with Crippen molar-refractivity contribution in [1.29, 1.82) is 0 Å². The van der Waals surface area contributed by atoms with Crippen molar-refractivity contribution in [3.8, 4) is 5.75 Å². The van der Waals surface area contributed by atoms with E-state index in [0.717, 1.165) is 44.5 Å². The van der Waals surface area contributed by atoms with Gasteiger partial charge >= 0.3 is 0 Å². The van der Waals surface area contributed by atoms with Gasteiger partial charge in [-0.15, -0.1) is 11.6 Å². The summed E-state index contributed by atoms with van der Waals surface area (Å²) >= 11 is 5.77. The van der Waals surface area contributed by atoms with Crippen molar-refractivity contribution in [3.63, 3.8) is 0 Å². The maximum atomic E-state index is 5.95. The van der Waals surface area contributed by atoms with Crippen LogP contribution >= 0.6 is 11.6 Å². The highest BCUT2D eigenvalue weighted by atomic mass is 35.5. The fraction of sp³-hybridized carbons (Fsp3) is 0.667. The third-order valence-electron chi connectivity index (χ3n) is 3.70. The fourth-order valence-electron chi connectivity index (χ4n) is 2.04. The van der Waals surface area contributed by atoms with Gasteiger partial charge in [-0.1, -0.05) is 39.3 Å². The van der Waals surface area contributed by atoms with E-state index in [9.17, 15) is 0 Å². The van der Waals surface area contributed by atoms with Crippen molar-refractivity contribution in [1.82, 2.24) is 0 Å². The molecule has 0 saturated heterocycles. The monoisotopic (exact) mass is 312 g/mol. The van der Waals surface area contributed by atoms with Gasteiger partial charge in [-0.05, 0) is 42.9 Å². The number of rotatable bonds is 11. The average Bonchev–Trinajstić information content (AvgIpc) is 2.52. The predicted octanol–water partition coefficient (Wildman–Crippen LogP) is 5.74. The van der Waals surface area contributed by atoms with E-state index in [0.29, 0.717) is 11.8 Å². The van der Waals surface area contributed by atoms with E-state index < -0.39 is 0 Å². The Kier molecular flexibility index (Phi) is 9.53. The molecule has 3 heteroatoms. The summed E-state index contributed by atoms with van der Waals surface area (Å²) in [6.07, 6.45) is 4.90. The molecule has 0 N–H and O–H groups in total. The Balaban J connectivity index is 2.55. The second-order valence-electron chi connectivity index (χ2n) is 5.48. The minimum absolute atomic E-state index is 0.190. The van der Waals surface area contributed by atoms with Gasteiger partial charge in [-0.2, -0.15) is 0 Å². The molecular weight excluding hydrogens is 284 g/mol. The van der Waals surface area contributed by atoms with E-state index >= 15 is 0 Å². The number of hydrogen-bond donors (Lipinski definition) is 0. The number of alkyl halides is 1. The summed E-state index contributed by atoms with van der Waals surface area (Å²) in [5, 5.41) is 0. The Morgan fingerprint density at radius 1 is 1.10 bits per heavy atom. The normalized spacial score (nSPS) is 13.9. The van der Waals surface area contributed by atoms with Gasteiger partial charge in [0.25, 0.3) is 0 Å². The molecule has 0 amide bonds. The Morgan fingerprint density at radius 2 is 1.81 bits per heavy atom. The molecule has 1 aromatic carbocycles. The molecule has 1 aromatic rings. The molecule has 2 unspecified atom stereocenters. The SMILES string of the molecule is CCCCOC(CCCCl)Oc1ccc(C(C)CC)cc1. The molecule has 0 bridgehead atoms. The zero-order valence-electron chi connectivity index (χ0n) is 13.6. The van der Waals surface area contributed by atoms with E-state index in [1.54, 1.807) is 0 Å². The maximum absolute atomic E-state index is 5.95. The lowest BCUT2D eigenvalue weighted by atomic mass is 9.99. The van der Waals surface area contributed by atoms with Crippen LogP contribution in [0.15, 0.2) is 24.3 Å². The Bertz CT molecular complexity index is 364. The first-order chi connectivity index (χ1) is 10.2. The lowest BCUT2D eigenvalue weighted by Crippen LogP contribution is -2.21. The molecule has 0 fully saturated rings. The van der Waals surface area contributed by atoms with Gasteiger partial charge < -0.3 is 9.47 Å². The summed E-state index contributed by atoms with van der Waals surface area (Å²) in [4.78, 5) is 0. The van der Waals surface area contributed by atoms with E-state index in [-0.39, 0.29) is 6.29 Å². The topological polar surface area (TPSA) is 18.5 Å². The van der Waals surface area contributed by atoms with Crippen molar-refractivity contribution >= 4 is 11.6 Å². The quantitative estimate of drug-likeness (QED) is 0.294. The van der Waals surface area contributed by atoms with Gasteiger partial charge in [-0.3, -0.25) is 0 Å². The number of ether oxygens (including phenoxy) is 2. The van der Waals surface area contributed by atoms with E-state index in [1.165, 1.54) is 5.56 Å². The minimum atomic E-state index is -0.190. The smallest absolute Gasteiger partial charge is 0.199 e. The van der Waals surface area contributed by atoms with Crippen LogP contribution in [0.5, 0.6) is 5.75 Å². The van der Waals surface area contributed by atoms with Crippen LogP contribution in [0, 0.1) is 0 Å². The Hall–Kier alpha value is -0.730. The number of benzene rings is 1. The van der Waals surface area contributed by atoms with E-state index in [4.69, 9.17) is 21.1 Å². The molecule has 0 heterocycles. The maximum Gasteiger partial charge on any atom is 0.199 e. The molecule has 0 radical (unpaired) electrons. The fourth-order valence-corrected chi connectivity index (χ4v) is 2.20. The van der Waals surface area contributed by atoms with Gasteiger partial charge in [0, 0.05) is 12.3 Å². The van der Waals surface area contributed by atoms with Gasteiger partial charge in [0.15, 0.2) is 6.29 Å². The van der Waals surface area contributed by atoms with Crippen molar-refractivity contribution < 1.29 is 9.47 Å². The summed E-state index contributed by atoms with van der Waals surface area (Å²) in [6, 6.07) is 8.37. The molecule has 0 aliphatic rings. The highest BCUT2D eigenvalue weighted by Gasteiger charge is 2.11. The van der Waals surface area contributed by atoms with Crippen molar-refractivity contribution in [3.05, 3.63) is 29.8 Å². The lowest BCUT2D eigenvalue weighted by molar-refractivity contribution is -0.0853. The zero-order valence-corrected chi connectivity index (χ0v) is 14.4. The predicted molar refractivity (Wildman–Crippen MR) is 90.4 cm³/mol. The summed E-state index contributed by atoms with van der Waals surface area (Å²) in [5.74, 6) is 2.11. The summed E-state index contributed by atoms with van der Waals surface area (Å²) in [5.41, 5.74) is 1.36. The first kappa shape index (κ1) is 18.3. The van der Waals surface area contributed by atoms with Gasteiger partial charge in [-0.25, -0.2) is 0 Å². The summed E-state index contributed by atoms with van der Waals surface area (Å²) in [7, 11) is 0. The van der Waals surface area contributed by atoms with Crippen molar-refractivity contribution in [2.45, 2.75) is 65.1 Å². The van der Waals surface area contributed by atoms with Crippen LogP contribution in [0.4, 0.5) is 0 Å². The van der Waals surface area contributed by atoms with Gasteiger partial charge in [0.2, 0.25) is 0 Å². The Labute approximate surface area is 134 Å². The molecule has 0 spiro atoms. The highest BCUT2D eigenvalue weighted by molar-refractivity contribution is 6.17. The summed E-state index contributed by atoms with van der Waals surface area (Å²) in [6.45, 7) is 7.35. The molecule has 0 aromatic heterocycles. The van der Waals surface area contributed by atoms with Crippen LogP contribution < -0.4 is 4.74 Å². The van der Waals surface area contributed by atoms with Crippen LogP contribution in [0.25, 0.3) is 0 Å². The average molecular weight is 313 g/mol. The van der Waals surface area contributed by atoms with Crippen LogP contribution in [-0.2, 0) is 4.74 Å². The first-order valence-electron chi connectivity index (χ1n) is 8.15. The molecule has 0 saturated carbocycles.